The number of imide groups is 1. The highest BCUT2D eigenvalue weighted by atomic mass is 32.1. The van der Waals surface area contributed by atoms with E-state index in [0.29, 0.717) is 16.0 Å². The van der Waals surface area contributed by atoms with Gasteiger partial charge in [0.1, 0.15) is 6.04 Å². The fraction of sp³-hybridized carbons (Fsp3) is 0.333. The molecule has 1 aromatic carbocycles. The first kappa shape index (κ1) is 22.8. The second-order valence-corrected chi connectivity index (χ2v) is 8.75. The van der Waals surface area contributed by atoms with Crippen LogP contribution in [-0.4, -0.2) is 34.7 Å². The Morgan fingerprint density at radius 2 is 2.03 bits per heavy atom. The topological polar surface area (TPSA) is 108 Å². The number of anilines is 1. The number of alkyl halides is 3. The van der Waals surface area contributed by atoms with Gasteiger partial charge in [0.25, 0.3) is 5.91 Å². The number of urea groups is 1. The molecule has 1 saturated heterocycles. The molecular weight excluding hydrogens is 461 g/mol. The molecule has 1 aromatic heterocycles. The number of thiophene rings is 1. The quantitative estimate of drug-likeness (QED) is 0.585. The van der Waals surface area contributed by atoms with Crippen LogP contribution in [0.2, 0.25) is 0 Å². The molecule has 0 unspecified atom stereocenters. The van der Waals surface area contributed by atoms with E-state index in [0.717, 1.165) is 6.07 Å². The van der Waals surface area contributed by atoms with Crippen molar-refractivity contribution < 1.29 is 32.3 Å². The normalized spacial score (nSPS) is 18.2. The molecule has 0 aliphatic carbocycles. The number of halogens is 3. The minimum Gasteiger partial charge on any atom is -0.333 e. The smallest absolute Gasteiger partial charge is 0.333 e. The lowest BCUT2D eigenvalue weighted by atomic mass is 10.0. The first-order valence-corrected chi connectivity index (χ1v) is 10.9. The molecule has 2 aromatic rings. The van der Waals surface area contributed by atoms with E-state index in [2.05, 4.69) is 16.0 Å². The number of aryl methyl sites for hydroxylation is 1. The Hall–Kier alpha value is -3.41. The number of benzene rings is 1. The Kier molecular flexibility index (Phi) is 5.87. The zero-order valence-corrected chi connectivity index (χ0v) is 18.2. The van der Waals surface area contributed by atoms with Crippen molar-refractivity contribution in [1.29, 1.82) is 0 Å². The molecule has 12 heteroatoms. The first-order chi connectivity index (χ1) is 15.5. The van der Waals surface area contributed by atoms with Gasteiger partial charge in [-0.25, -0.2) is 4.79 Å². The third kappa shape index (κ3) is 4.56. The van der Waals surface area contributed by atoms with E-state index in [-0.39, 0.29) is 49.0 Å². The van der Waals surface area contributed by atoms with Crippen LogP contribution in [0.3, 0.4) is 0 Å². The molecule has 0 bridgehead atoms. The van der Waals surface area contributed by atoms with Gasteiger partial charge in [-0.1, -0.05) is 6.07 Å². The summed E-state index contributed by atoms with van der Waals surface area (Å²) < 4.78 is 39.2. The minimum absolute atomic E-state index is 0.000967. The molecule has 1 atom stereocenters. The summed E-state index contributed by atoms with van der Waals surface area (Å²) in [7, 11) is 0. The zero-order chi connectivity index (χ0) is 23.9. The third-order valence-corrected chi connectivity index (χ3v) is 6.63. The van der Waals surface area contributed by atoms with E-state index in [1.54, 1.807) is 5.38 Å². The number of carbonyl (C=O) groups is 4. The van der Waals surface area contributed by atoms with Crippen molar-refractivity contribution in [2.24, 2.45) is 0 Å². The van der Waals surface area contributed by atoms with E-state index >= 15 is 0 Å². The van der Waals surface area contributed by atoms with Crippen LogP contribution in [-0.2, 0) is 28.9 Å². The van der Waals surface area contributed by atoms with Crippen LogP contribution in [0.4, 0.5) is 23.7 Å². The van der Waals surface area contributed by atoms with Crippen LogP contribution in [0, 0.1) is 6.92 Å². The van der Waals surface area contributed by atoms with Crippen LogP contribution < -0.4 is 16.0 Å². The molecule has 0 saturated carbocycles. The summed E-state index contributed by atoms with van der Waals surface area (Å²) >= 11 is 1.27. The largest absolute Gasteiger partial charge is 0.416 e. The van der Waals surface area contributed by atoms with Gasteiger partial charge in [-0.05, 0) is 36.6 Å². The average Bonchev–Trinajstić information content (AvgIpc) is 3.27. The van der Waals surface area contributed by atoms with E-state index in [1.165, 1.54) is 35.3 Å². The molecule has 0 spiro atoms. The van der Waals surface area contributed by atoms with Crippen LogP contribution in [0.5, 0.6) is 0 Å². The van der Waals surface area contributed by atoms with Crippen LogP contribution in [0.1, 0.15) is 44.8 Å². The fourth-order valence-electron chi connectivity index (χ4n) is 3.89. The van der Waals surface area contributed by atoms with Gasteiger partial charge in [-0.15, -0.1) is 11.3 Å². The monoisotopic (exact) mass is 480 g/mol. The number of amides is 5. The van der Waals surface area contributed by atoms with Crippen molar-refractivity contribution in [2.75, 3.05) is 5.32 Å². The Bertz CT molecular complexity index is 1160. The van der Waals surface area contributed by atoms with Crippen molar-refractivity contribution in [2.45, 2.75) is 45.1 Å². The second-order valence-electron chi connectivity index (χ2n) is 7.79. The van der Waals surface area contributed by atoms with Crippen molar-refractivity contribution in [3.63, 3.8) is 0 Å². The van der Waals surface area contributed by atoms with Gasteiger partial charge in [0.15, 0.2) is 0 Å². The van der Waals surface area contributed by atoms with E-state index in [4.69, 9.17) is 0 Å². The molecule has 2 aliphatic heterocycles. The molecule has 3 heterocycles. The molecule has 5 amide bonds. The van der Waals surface area contributed by atoms with Crippen LogP contribution in [0.15, 0.2) is 23.6 Å². The lowest BCUT2D eigenvalue weighted by Crippen LogP contribution is -2.52. The number of nitrogens with one attached hydrogen (secondary N) is 3. The highest BCUT2D eigenvalue weighted by Crippen LogP contribution is 2.35. The average molecular weight is 480 g/mol. The first-order valence-electron chi connectivity index (χ1n) is 10.0. The number of fused-ring (bicyclic) bond motifs is 1. The molecule has 33 heavy (non-hydrogen) atoms. The highest BCUT2D eigenvalue weighted by Gasteiger charge is 2.40. The van der Waals surface area contributed by atoms with Crippen molar-refractivity contribution in [1.82, 2.24) is 15.5 Å². The SMILES string of the molecule is Cc1ccc(NC(=O)NCc2scc3c2CN([C@@H]2CCC(=O)NC2=O)C3=O)cc1C(F)(F)F. The van der Waals surface area contributed by atoms with Crippen LogP contribution >= 0.6 is 11.3 Å². The predicted octanol–water partition coefficient (Wildman–Crippen LogP) is 3.16. The summed E-state index contributed by atoms with van der Waals surface area (Å²) in [5, 5.41) is 8.85. The Morgan fingerprint density at radius 3 is 2.73 bits per heavy atom. The summed E-state index contributed by atoms with van der Waals surface area (Å²) in [6, 6.07) is 2.10. The van der Waals surface area contributed by atoms with Gasteiger partial charge in [-0.2, -0.15) is 13.2 Å². The zero-order valence-electron chi connectivity index (χ0n) is 17.3. The molecule has 3 N–H and O–H groups in total. The van der Waals surface area contributed by atoms with Gasteiger partial charge in [-0.3, -0.25) is 19.7 Å². The summed E-state index contributed by atoms with van der Waals surface area (Å²) in [5.74, 6) is -1.20. The third-order valence-electron chi connectivity index (χ3n) is 5.60. The lowest BCUT2D eigenvalue weighted by molar-refractivity contribution is -0.138. The molecule has 174 valence electrons. The predicted molar refractivity (Wildman–Crippen MR) is 112 cm³/mol. The van der Waals surface area contributed by atoms with Gasteiger partial charge < -0.3 is 15.5 Å². The van der Waals surface area contributed by atoms with E-state index < -0.39 is 29.7 Å². The summed E-state index contributed by atoms with van der Waals surface area (Å²) in [5.41, 5.74) is 0.345. The van der Waals surface area contributed by atoms with Crippen molar-refractivity contribution >= 4 is 40.8 Å². The molecular formula is C21H19F3N4O4S. The maximum Gasteiger partial charge on any atom is 0.416 e. The number of rotatable bonds is 4. The summed E-state index contributed by atoms with van der Waals surface area (Å²) in [6.07, 6.45) is -4.13. The molecule has 1 fully saturated rings. The molecule has 4 rings (SSSR count). The van der Waals surface area contributed by atoms with E-state index in [1.807, 2.05) is 0 Å². The molecule has 0 radical (unpaired) electrons. The maximum absolute atomic E-state index is 13.1. The van der Waals surface area contributed by atoms with Gasteiger partial charge in [0, 0.05) is 28.9 Å². The number of hydrogen-bond donors (Lipinski definition) is 3. The van der Waals surface area contributed by atoms with Gasteiger partial charge in [0.05, 0.1) is 17.7 Å². The fourth-order valence-corrected chi connectivity index (χ4v) is 4.87. The van der Waals surface area contributed by atoms with E-state index in [9.17, 15) is 32.3 Å². The highest BCUT2D eigenvalue weighted by molar-refractivity contribution is 7.10. The Balaban J connectivity index is 1.39. The van der Waals surface area contributed by atoms with Gasteiger partial charge >= 0.3 is 12.2 Å². The summed E-state index contributed by atoms with van der Waals surface area (Å²) in [6.45, 7) is 1.57. The molecule has 8 nitrogen and oxygen atoms in total. The Morgan fingerprint density at radius 1 is 1.27 bits per heavy atom. The number of piperidine rings is 1. The van der Waals surface area contributed by atoms with Crippen molar-refractivity contribution in [3.8, 4) is 0 Å². The number of carbonyl (C=O) groups excluding carboxylic acids is 4. The standard InChI is InChI=1S/C21H19F3N4O4S/c1-10-2-3-11(6-14(10)21(22,23)24)26-20(32)25-7-16-12-8-28(19(31)13(12)9-33-16)15-4-5-17(29)27-18(15)30/h2-3,6,9,15H,4-5,7-8H2,1H3,(H2,25,26,32)(H,27,29,30)/t15-/m1/s1. The maximum atomic E-state index is 13.1. The second kappa shape index (κ2) is 8.50. The van der Waals surface area contributed by atoms with Crippen LogP contribution in [0.25, 0.3) is 0 Å². The van der Waals surface area contributed by atoms with Gasteiger partial charge in [0.2, 0.25) is 11.8 Å². The lowest BCUT2D eigenvalue weighted by Gasteiger charge is -2.29. The Labute approximate surface area is 190 Å². The van der Waals surface area contributed by atoms with Crippen molar-refractivity contribution in [3.05, 3.63) is 50.7 Å². The summed E-state index contributed by atoms with van der Waals surface area (Å²) in [4.78, 5) is 50.6. The number of nitrogens with zero attached hydrogens (tertiary/aromatic N) is 1. The number of hydrogen-bond acceptors (Lipinski definition) is 5. The molecule has 2 aliphatic rings. The minimum atomic E-state index is -4.53.